The molecule has 0 spiro atoms. The van der Waals surface area contributed by atoms with Gasteiger partial charge in [0.15, 0.2) is 5.78 Å². The maximum atomic E-state index is 13.2. The quantitative estimate of drug-likeness (QED) is 0.202. The molecule has 3 rings (SSSR count). The van der Waals surface area contributed by atoms with Crippen LogP contribution in [0.5, 0.6) is 5.75 Å². The Labute approximate surface area is 234 Å². The SMILES string of the molecule is CC(=O)CC(=O)C(CO)C(CCO)CC1CC(=O)c2c(ccc(NC3CC(C)(C)NC(C)(C)C3)c2O)C1.O.O.[HH].[HH]. The lowest BCUT2D eigenvalue weighted by Gasteiger charge is -2.47. The molecule has 1 heterocycles. The summed E-state index contributed by atoms with van der Waals surface area (Å²) in [5.74, 6) is -1.89. The van der Waals surface area contributed by atoms with E-state index in [1.165, 1.54) is 6.92 Å². The smallest absolute Gasteiger partial charge is 0.167 e. The molecule has 226 valence electrons. The topological polar surface area (TPSA) is 199 Å². The number of piperidine rings is 1. The van der Waals surface area contributed by atoms with Gasteiger partial charge in [-0.05, 0) is 90.2 Å². The summed E-state index contributed by atoms with van der Waals surface area (Å²) in [4.78, 5) is 37.2. The minimum absolute atomic E-state index is 0. The first-order valence-corrected chi connectivity index (χ1v) is 13.4. The van der Waals surface area contributed by atoms with Crippen molar-refractivity contribution in [3.05, 3.63) is 23.3 Å². The average Bonchev–Trinajstić information content (AvgIpc) is 2.73. The molecule has 1 aliphatic carbocycles. The Morgan fingerprint density at radius 2 is 1.72 bits per heavy atom. The van der Waals surface area contributed by atoms with Gasteiger partial charge in [0.05, 0.1) is 24.3 Å². The molecule has 9 N–H and O–H groups in total. The van der Waals surface area contributed by atoms with Gasteiger partial charge in [0.1, 0.15) is 17.3 Å². The van der Waals surface area contributed by atoms with Crippen molar-refractivity contribution in [2.45, 2.75) is 96.7 Å². The summed E-state index contributed by atoms with van der Waals surface area (Å²) < 4.78 is 0. The van der Waals surface area contributed by atoms with E-state index in [0.717, 1.165) is 18.4 Å². The molecule has 39 heavy (non-hydrogen) atoms. The van der Waals surface area contributed by atoms with E-state index in [2.05, 4.69) is 38.3 Å². The molecule has 0 bridgehead atoms. The predicted octanol–water partition coefficient (Wildman–Crippen LogP) is 2.25. The van der Waals surface area contributed by atoms with Gasteiger partial charge in [-0.1, -0.05) is 6.07 Å². The van der Waals surface area contributed by atoms with Crippen molar-refractivity contribution in [3.8, 4) is 5.75 Å². The molecule has 10 nitrogen and oxygen atoms in total. The Morgan fingerprint density at radius 1 is 1.10 bits per heavy atom. The van der Waals surface area contributed by atoms with E-state index < -0.39 is 12.5 Å². The molecule has 0 aromatic heterocycles. The van der Waals surface area contributed by atoms with Gasteiger partial charge >= 0.3 is 0 Å². The highest BCUT2D eigenvalue weighted by Crippen LogP contribution is 2.41. The Bertz CT molecular complexity index is 1020. The van der Waals surface area contributed by atoms with Crippen LogP contribution in [-0.2, 0) is 16.0 Å². The fourth-order valence-electron chi connectivity index (χ4n) is 6.76. The lowest BCUT2D eigenvalue weighted by molar-refractivity contribution is -0.131. The maximum absolute atomic E-state index is 13.2. The third kappa shape index (κ3) is 8.81. The number of phenols is 1. The second kappa shape index (κ2) is 13.8. The summed E-state index contributed by atoms with van der Waals surface area (Å²) >= 11 is 0. The second-order valence-corrected chi connectivity index (χ2v) is 12.5. The van der Waals surface area contributed by atoms with E-state index in [1.807, 2.05) is 12.1 Å². The molecule has 3 unspecified atom stereocenters. The van der Waals surface area contributed by atoms with Crippen molar-refractivity contribution >= 4 is 23.0 Å². The van der Waals surface area contributed by atoms with Crippen LogP contribution in [0.1, 0.15) is 91.9 Å². The Kier molecular flexibility index (Phi) is 12.3. The number of hydrogen-bond donors (Lipinski definition) is 5. The number of aliphatic hydroxyl groups excluding tert-OH is 2. The molecular weight excluding hydrogens is 504 g/mol. The summed E-state index contributed by atoms with van der Waals surface area (Å²) in [6.07, 6.45) is 3.08. The van der Waals surface area contributed by atoms with Gasteiger partial charge in [0, 0.05) is 38.9 Å². The molecule has 10 heteroatoms. The molecule has 1 fully saturated rings. The highest BCUT2D eigenvalue weighted by molar-refractivity contribution is 6.03. The van der Waals surface area contributed by atoms with Gasteiger partial charge in [-0.25, -0.2) is 0 Å². The van der Waals surface area contributed by atoms with Crippen molar-refractivity contribution in [3.63, 3.8) is 0 Å². The molecular formula is C29H52N2O8. The number of anilines is 1. The molecule has 0 radical (unpaired) electrons. The first-order valence-electron chi connectivity index (χ1n) is 13.4. The van der Waals surface area contributed by atoms with Crippen molar-refractivity contribution in [2.24, 2.45) is 17.8 Å². The van der Waals surface area contributed by atoms with E-state index in [9.17, 15) is 29.7 Å². The minimum atomic E-state index is -0.744. The van der Waals surface area contributed by atoms with E-state index >= 15 is 0 Å². The molecule has 0 amide bonds. The van der Waals surface area contributed by atoms with Crippen LogP contribution < -0.4 is 10.6 Å². The van der Waals surface area contributed by atoms with Crippen LogP contribution in [0.2, 0.25) is 0 Å². The van der Waals surface area contributed by atoms with E-state index in [4.69, 9.17) is 0 Å². The third-order valence-electron chi connectivity index (χ3n) is 7.81. The number of carbonyl (C=O) groups excluding carboxylic acids is 3. The largest absolute Gasteiger partial charge is 0.505 e. The number of Topliss-reactive ketones (excluding diaryl/α,β-unsaturated/α-hetero) is 3. The fraction of sp³-hybridized carbons (Fsp3) is 0.690. The van der Waals surface area contributed by atoms with Crippen LogP contribution in [0.3, 0.4) is 0 Å². The predicted molar refractivity (Wildman–Crippen MR) is 154 cm³/mol. The second-order valence-electron chi connectivity index (χ2n) is 12.5. The van der Waals surface area contributed by atoms with Gasteiger partial charge < -0.3 is 36.9 Å². The Hall–Kier alpha value is -2.37. The van der Waals surface area contributed by atoms with E-state index in [1.54, 1.807) is 0 Å². The summed E-state index contributed by atoms with van der Waals surface area (Å²) in [7, 11) is 0. The van der Waals surface area contributed by atoms with Gasteiger partial charge in [-0.3, -0.25) is 14.4 Å². The molecule has 1 aromatic carbocycles. The van der Waals surface area contributed by atoms with Crippen LogP contribution >= 0.6 is 0 Å². The number of hydrogen-bond acceptors (Lipinski definition) is 8. The molecule has 3 atom stereocenters. The lowest BCUT2D eigenvalue weighted by Crippen LogP contribution is -2.60. The number of ketones is 3. The highest BCUT2D eigenvalue weighted by atomic mass is 16.3. The fourth-order valence-corrected chi connectivity index (χ4v) is 6.76. The summed E-state index contributed by atoms with van der Waals surface area (Å²) in [5.41, 5.74) is 1.58. The van der Waals surface area contributed by atoms with Gasteiger partial charge in [-0.2, -0.15) is 0 Å². The number of carbonyl (C=O) groups is 3. The number of fused-ring (bicyclic) bond motifs is 1. The Balaban J connectivity index is 0. The summed E-state index contributed by atoms with van der Waals surface area (Å²) in [6.45, 7) is 9.46. The monoisotopic (exact) mass is 556 g/mol. The first kappa shape index (κ1) is 34.7. The van der Waals surface area contributed by atoms with Crippen LogP contribution in [0.15, 0.2) is 12.1 Å². The van der Waals surface area contributed by atoms with Crippen molar-refractivity contribution in [1.82, 2.24) is 5.32 Å². The van der Waals surface area contributed by atoms with Crippen molar-refractivity contribution in [1.29, 1.82) is 0 Å². The number of aliphatic hydroxyl groups is 2. The summed E-state index contributed by atoms with van der Waals surface area (Å²) in [6, 6.07) is 3.87. The molecule has 1 aliphatic heterocycles. The lowest BCUT2D eigenvalue weighted by atomic mass is 9.73. The Morgan fingerprint density at radius 3 is 2.26 bits per heavy atom. The van der Waals surface area contributed by atoms with Crippen LogP contribution in [0.25, 0.3) is 0 Å². The van der Waals surface area contributed by atoms with E-state index in [-0.39, 0.29) is 85.3 Å². The number of nitrogens with one attached hydrogen (secondary N) is 2. The standard InChI is InChI=1S/C29H44N2O6.2H2O.2H2/c1-17(34)10-24(35)22(16-33)19(8-9-32)11-18-12-20-6-7-23(27(37)26(20)25(36)13-18)30-21-14-28(2,3)31-29(4,5)15-21;;;;/h6-7,18-19,21-22,30-33,37H,8-16H2,1-5H3;2*1H2;2*1H. The van der Waals surface area contributed by atoms with Crippen molar-refractivity contribution in [2.75, 3.05) is 18.5 Å². The highest BCUT2D eigenvalue weighted by Gasteiger charge is 2.39. The van der Waals surface area contributed by atoms with Gasteiger partial charge in [0.25, 0.3) is 0 Å². The number of phenolic OH excluding ortho intramolecular Hbond substituents is 1. The maximum Gasteiger partial charge on any atom is 0.167 e. The number of benzene rings is 1. The molecule has 2 aliphatic rings. The van der Waals surface area contributed by atoms with Crippen LogP contribution in [0.4, 0.5) is 5.69 Å². The van der Waals surface area contributed by atoms with Gasteiger partial charge in [-0.15, -0.1) is 0 Å². The third-order valence-corrected chi connectivity index (χ3v) is 7.81. The van der Waals surface area contributed by atoms with Crippen molar-refractivity contribution < 1.29 is 43.5 Å². The average molecular weight is 557 g/mol. The zero-order chi connectivity index (χ0) is 27.5. The molecule has 1 saturated heterocycles. The zero-order valence-corrected chi connectivity index (χ0v) is 23.9. The van der Waals surface area contributed by atoms with Crippen LogP contribution in [0, 0.1) is 17.8 Å². The minimum Gasteiger partial charge on any atom is -0.505 e. The normalized spacial score (nSPS) is 21.5. The number of rotatable bonds is 11. The zero-order valence-electron chi connectivity index (χ0n) is 23.9. The van der Waals surface area contributed by atoms with Crippen LogP contribution in [-0.4, -0.2) is 74.0 Å². The molecule has 0 saturated carbocycles. The molecule has 1 aromatic rings. The van der Waals surface area contributed by atoms with E-state index in [0.29, 0.717) is 30.5 Å². The van der Waals surface area contributed by atoms with Gasteiger partial charge in [0.2, 0.25) is 0 Å². The first-order chi connectivity index (χ1) is 17.2. The number of aromatic hydroxyl groups is 1. The summed E-state index contributed by atoms with van der Waals surface area (Å²) in [5, 5.41) is 37.7.